The van der Waals surface area contributed by atoms with E-state index in [-0.39, 0.29) is 10.6 Å². The lowest BCUT2D eigenvalue weighted by molar-refractivity contribution is -0.105. The quantitative estimate of drug-likeness (QED) is 0.876. The molecule has 0 saturated heterocycles. The average molecular weight is 282 g/mol. The second-order valence-electron chi connectivity index (χ2n) is 6.63. The molecule has 1 heterocycles. The second kappa shape index (κ2) is 4.23. The van der Waals surface area contributed by atoms with E-state index in [1.807, 2.05) is 0 Å². The SMILES string of the molecule is C[C@@H]1C2C[C@@H](C[C@H]1Nc1cn[nH]c(=O)c1Cl)C2(C)C. The van der Waals surface area contributed by atoms with Crippen molar-refractivity contribution in [3.63, 3.8) is 0 Å². The van der Waals surface area contributed by atoms with Crippen molar-refractivity contribution in [2.45, 2.75) is 39.7 Å². The molecular formula is C14H20ClN3O. The van der Waals surface area contributed by atoms with E-state index in [4.69, 9.17) is 11.6 Å². The second-order valence-corrected chi connectivity index (χ2v) is 7.01. The van der Waals surface area contributed by atoms with Gasteiger partial charge in [-0.2, -0.15) is 5.10 Å². The maximum atomic E-state index is 11.4. The molecule has 1 unspecified atom stereocenters. The van der Waals surface area contributed by atoms with Gasteiger partial charge in [-0.3, -0.25) is 4.79 Å². The Morgan fingerprint density at radius 1 is 1.47 bits per heavy atom. The largest absolute Gasteiger partial charge is 0.379 e. The molecular weight excluding hydrogens is 262 g/mol. The molecule has 1 aromatic heterocycles. The lowest BCUT2D eigenvalue weighted by Crippen LogP contribution is -2.58. The van der Waals surface area contributed by atoms with Gasteiger partial charge in [0.05, 0.1) is 11.9 Å². The molecule has 4 nitrogen and oxygen atoms in total. The predicted octanol–water partition coefficient (Wildman–Crippen LogP) is 2.91. The number of hydrogen-bond acceptors (Lipinski definition) is 3. The van der Waals surface area contributed by atoms with E-state index in [1.165, 1.54) is 6.42 Å². The van der Waals surface area contributed by atoms with Crippen LogP contribution in [0.3, 0.4) is 0 Å². The Morgan fingerprint density at radius 3 is 2.84 bits per heavy atom. The molecule has 2 bridgehead atoms. The summed E-state index contributed by atoms with van der Waals surface area (Å²) in [7, 11) is 0. The monoisotopic (exact) mass is 281 g/mol. The van der Waals surface area contributed by atoms with Crippen molar-refractivity contribution in [3.05, 3.63) is 21.6 Å². The highest BCUT2D eigenvalue weighted by Gasteiger charge is 2.56. The number of hydrogen-bond donors (Lipinski definition) is 2. The molecule has 3 fully saturated rings. The van der Waals surface area contributed by atoms with Crippen LogP contribution in [0.1, 0.15) is 33.6 Å². The Bertz CT molecular complexity index is 554. The molecule has 3 aliphatic rings. The van der Waals surface area contributed by atoms with Crippen molar-refractivity contribution in [3.8, 4) is 0 Å². The number of aromatic nitrogens is 2. The first-order valence-electron chi connectivity index (χ1n) is 6.91. The van der Waals surface area contributed by atoms with Gasteiger partial charge in [0.1, 0.15) is 5.02 Å². The van der Waals surface area contributed by atoms with Gasteiger partial charge in [-0.1, -0.05) is 32.4 Å². The first-order chi connectivity index (χ1) is 8.91. The van der Waals surface area contributed by atoms with Gasteiger partial charge in [0, 0.05) is 6.04 Å². The van der Waals surface area contributed by atoms with Gasteiger partial charge < -0.3 is 5.32 Å². The van der Waals surface area contributed by atoms with Gasteiger partial charge in [-0.05, 0) is 36.0 Å². The summed E-state index contributed by atoms with van der Waals surface area (Å²) in [6.07, 6.45) is 4.09. The molecule has 19 heavy (non-hydrogen) atoms. The fourth-order valence-electron chi connectivity index (χ4n) is 4.02. The van der Waals surface area contributed by atoms with E-state index in [9.17, 15) is 4.79 Å². The zero-order valence-corrected chi connectivity index (χ0v) is 12.3. The van der Waals surface area contributed by atoms with Gasteiger partial charge in [0.25, 0.3) is 5.56 Å². The van der Waals surface area contributed by atoms with Crippen molar-refractivity contribution in [1.82, 2.24) is 10.2 Å². The number of nitrogens with zero attached hydrogens (tertiary/aromatic N) is 1. The van der Waals surface area contributed by atoms with Gasteiger partial charge in [-0.15, -0.1) is 0 Å². The smallest absolute Gasteiger partial charge is 0.285 e. The molecule has 0 amide bonds. The van der Waals surface area contributed by atoms with Gasteiger partial charge in [-0.25, -0.2) is 5.10 Å². The van der Waals surface area contributed by atoms with Crippen molar-refractivity contribution in [1.29, 1.82) is 0 Å². The molecule has 3 saturated carbocycles. The first kappa shape index (κ1) is 13.0. The molecule has 0 aromatic carbocycles. The number of halogens is 1. The normalized spacial score (nSPS) is 35.6. The van der Waals surface area contributed by atoms with E-state index in [2.05, 4.69) is 36.3 Å². The van der Waals surface area contributed by atoms with E-state index in [0.717, 1.165) is 18.3 Å². The minimum atomic E-state index is -0.333. The zero-order chi connectivity index (χ0) is 13.8. The van der Waals surface area contributed by atoms with Crippen molar-refractivity contribution in [2.75, 3.05) is 5.32 Å². The van der Waals surface area contributed by atoms with Gasteiger partial charge in [0.2, 0.25) is 0 Å². The van der Waals surface area contributed by atoms with Crippen LogP contribution in [0.4, 0.5) is 5.69 Å². The number of H-pyrrole nitrogens is 1. The molecule has 2 N–H and O–H groups in total. The van der Waals surface area contributed by atoms with Crippen LogP contribution in [0.15, 0.2) is 11.0 Å². The fourth-order valence-corrected chi connectivity index (χ4v) is 4.17. The minimum Gasteiger partial charge on any atom is -0.379 e. The Labute approximate surface area is 117 Å². The average Bonchev–Trinajstić information content (AvgIpc) is 2.36. The third-order valence-corrected chi connectivity index (χ3v) is 5.87. The minimum absolute atomic E-state index is 0.209. The topological polar surface area (TPSA) is 57.8 Å². The third kappa shape index (κ3) is 1.88. The fraction of sp³-hybridized carbons (Fsp3) is 0.714. The van der Waals surface area contributed by atoms with E-state index < -0.39 is 0 Å². The summed E-state index contributed by atoms with van der Waals surface area (Å²) in [5.74, 6) is 2.13. The van der Waals surface area contributed by atoms with Crippen LogP contribution in [0.2, 0.25) is 5.02 Å². The first-order valence-corrected chi connectivity index (χ1v) is 7.28. The molecule has 5 heteroatoms. The number of aromatic amines is 1. The molecule has 3 aliphatic carbocycles. The van der Waals surface area contributed by atoms with Gasteiger partial charge in [0.15, 0.2) is 0 Å². The van der Waals surface area contributed by atoms with Crippen molar-refractivity contribution < 1.29 is 0 Å². The standard InChI is InChI=1S/C14H20ClN3O/c1-7-9-4-8(14(9,2)3)5-10(7)17-11-6-16-18-13(19)12(11)15/h6-10H,4-5H2,1-3H3,(H2,17,18,19)/t7-,8+,9?,10-/m1/s1. The molecule has 4 atom stereocenters. The molecule has 4 rings (SSSR count). The Hall–Kier alpha value is -1.03. The maximum Gasteiger partial charge on any atom is 0.285 e. The maximum absolute atomic E-state index is 11.4. The number of nitrogens with one attached hydrogen (secondary N) is 2. The summed E-state index contributed by atoms with van der Waals surface area (Å²) >= 11 is 6.02. The van der Waals surface area contributed by atoms with Crippen LogP contribution in [-0.2, 0) is 0 Å². The van der Waals surface area contributed by atoms with Crippen LogP contribution in [0, 0.1) is 23.2 Å². The molecule has 0 aliphatic heterocycles. The lowest BCUT2D eigenvalue weighted by atomic mass is 9.45. The highest BCUT2D eigenvalue weighted by atomic mass is 35.5. The Morgan fingerprint density at radius 2 is 2.21 bits per heavy atom. The van der Waals surface area contributed by atoms with Gasteiger partial charge >= 0.3 is 0 Å². The lowest BCUT2D eigenvalue weighted by Gasteiger charge is -2.62. The zero-order valence-electron chi connectivity index (χ0n) is 11.5. The molecule has 1 aromatic rings. The van der Waals surface area contributed by atoms with Crippen molar-refractivity contribution >= 4 is 17.3 Å². The summed E-state index contributed by atoms with van der Waals surface area (Å²) in [4.78, 5) is 11.4. The number of fused-ring (bicyclic) bond motifs is 2. The van der Waals surface area contributed by atoms with E-state index in [1.54, 1.807) is 6.20 Å². The highest BCUT2D eigenvalue weighted by molar-refractivity contribution is 6.32. The molecule has 0 spiro atoms. The van der Waals surface area contributed by atoms with Crippen LogP contribution in [0.25, 0.3) is 0 Å². The highest BCUT2D eigenvalue weighted by Crippen LogP contribution is 2.61. The van der Waals surface area contributed by atoms with Crippen LogP contribution >= 0.6 is 11.6 Å². The summed E-state index contributed by atoms with van der Waals surface area (Å²) in [5, 5.41) is 9.78. The van der Waals surface area contributed by atoms with Crippen LogP contribution in [0.5, 0.6) is 0 Å². The van der Waals surface area contributed by atoms with E-state index in [0.29, 0.717) is 23.1 Å². The summed E-state index contributed by atoms with van der Waals surface area (Å²) in [6.45, 7) is 7.05. The van der Waals surface area contributed by atoms with Crippen molar-refractivity contribution in [2.24, 2.45) is 23.2 Å². The van der Waals surface area contributed by atoms with E-state index >= 15 is 0 Å². The third-order valence-electron chi connectivity index (χ3n) is 5.49. The number of rotatable bonds is 2. The summed E-state index contributed by atoms with van der Waals surface area (Å²) in [6, 6.07) is 0.387. The number of anilines is 1. The predicted molar refractivity (Wildman–Crippen MR) is 76.4 cm³/mol. The van der Waals surface area contributed by atoms with Crippen LogP contribution in [-0.4, -0.2) is 16.2 Å². The Balaban J connectivity index is 1.79. The summed E-state index contributed by atoms with van der Waals surface area (Å²) < 4.78 is 0. The molecule has 0 radical (unpaired) electrons. The molecule has 104 valence electrons. The summed E-state index contributed by atoms with van der Waals surface area (Å²) in [5.41, 5.74) is 0.787. The Kier molecular flexibility index (Phi) is 2.89. The van der Waals surface area contributed by atoms with Crippen LogP contribution < -0.4 is 10.9 Å².